The number of rotatable bonds is 6. The van der Waals surface area contributed by atoms with E-state index >= 15 is 0 Å². The molecule has 1 fully saturated rings. The fourth-order valence-corrected chi connectivity index (χ4v) is 2.72. The Morgan fingerprint density at radius 3 is 2.57 bits per heavy atom. The van der Waals surface area contributed by atoms with Gasteiger partial charge in [0.05, 0.1) is 0 Å². The van der Waals surface area contributed by atoms with Gasteiger partial charge in [-0.05, 0) is 51.5 Å². The highest BCUT2D eigenvalue weighted by atomic mass is 35.5. The Bertz CT molecular complexity index is 412. The number of nitrogens with one attached hydrogen (secondary N) is 1. The van der Waals surface area contributed by atoms with Crippen molar-refractivity contribution in [1.82, 2.24) is 10.2 Å². The predicted molar refractivity (Wildman–Crippen MR) is 82.2 cm³/mol. The second-order valence-electron chi connectivity index (χ2n) is 5.26. The highest BCUT2D eigenvalue weighted by Gasteiger charge is 2.20. The molecule has 2 rings (SSSR count). The van der Waals surface area contributed by atoms with E-state index in [1.807, 2.05) is 19.2 Å². The van der Waals surface area contributed by atoms with Crippen LogP contribution in [0.5, 0.6) is 5.75 Å². The molecule has 1 aromatic rings. The molecule has 0 unspecified atom stereocenters. The van der Waals surface area contributed by atoms with Gasteiger partial charge in [0.2, 0.25) is 0 Å². The van der Waals surface area contributed by atoms with E-state index in [-0.39, 0.29) is 12.4 Å². The molecule has 0 spiro atoms. The van der Waals surface area contributed by atoms with Gasteiger partial charge in [-0.25, -0.2) is 0 Å². The molecule has 0 aliphatic carbocycles. The Kier molecular flexibility index (Phi) is 7.93. The lowest BCUT2D eigenvalue weighted by atomic mass is 9.96. The topological polar surface area (TPSA) is 24.5 Å². The van der Waals surface area contributed by atoms with Crippen molar-refractivity contribution in [3.05, 3.63) is 29.8 Å². The molecule has 0 radical (unpaired) electrons. The summed E-state index contributed by atoms with van der Waals surface area (Å²) in [6.45, 7) is 0.983. The van der Waals surface area contributed by atoms with E-state index in [0.29, 0.717) is 12.3 Å². The van der Waals surface area contributed by atoms with Crippen LogP contribution in [0.4, 0.5) is 8.78 Å². The minimum absolute atomic E-state index is 0. The number of hydrogen-bond acceptors (Lipinski definition) is 3. The molecule has 6 heteroatoms. The van der Waals surface area contributed by atoms with Crippen molar-refractivity contribution in [1.29, 1.82) is 0 Å². The Hall–Kier alpha value is -0.910. The summed E-state index contributed by atoms with van der Waals surface area (Å²) in [5.41, 5.74) is 0.833. The monoisotopic (exact) mass is 320 g/mol. The quantitative estimate of drug-likeness (QED) is 0.871. The standard InChI is InChI=1S/C15H22F2N2O.ClH/c1-18-10-12-6-8-19(9-7-12)11-13-4-2-3-5-14(13)20-15(16)17;/h2-5,12,15,18H,6-11H2,1H3;1H. The van der Waals surface area contributed by atoms with E-state index in [0.717, 1.165) is 44.0 Å². The van der Waals surface area contributed by atoms with Crippen LogP contribution in [0.15, 0.2) is 24.3 Å². The van der Waals surface area contributed by atoms with Crippen LogP contribution in [0.3, 0.4) is 0 Å². The molecule has 0 saturated carbocycles. The number of nitrogens with zero attached hydrogens (tertiary/aromatic N) is 1. The molecule has 0 aromatic heterocycles. The van der Waals surface area contributed by atoms with Crippen molar-refractivity contribution in [3.63, 3.8) is 0 Å². The third kappa shape index (κ3) is 5.77. The van der Waals surface area contributed by atoms with Crippen LogP contribution in [0, 0.1) is 5.92 Å². The maximum absolute atomic E-state index is 12.4. The first-order valence-electron chi connectivity index (χ1n) is 7.08. The SMILES string of the molecule is CNCC1CCN(Cc2ccccc2OC(F)F)CC1.Cl. The van der Waals surface area contributed by atoms with Crippen LogP contribution >= 0.6 is 12.4 Å². The lowest BCUT2D eigenvalue weighted by molar-refractivity contribution is -0.0508. The van der Waals surface area contributed by atoms with Crippen LogP contribution < -0.4 is 10.1 Å². The zero-order valence-corrected chi connectivity index (χ0v) is 13.0. The lowest BCUT2D eigenvalue weighted by Gasteiger charge is -2.32. The first kappa shape index (κ1) is 18.1. The molecule has 21 heavy (non-hydrogen) atoms. The molecular weight excluding hydrogens is 298 g/mol. The van der Waals surface area contributed by atoms with E-state index in [1.54, 1.807) is 12.1 Å². The molecule has 1 aliphatic rings. The number of benzene rings is 1. The van der Waals surface area contributed by atoms with Crippen LogP contribution in [0.2, 0.25) is 0 Å². The number of alkyl halides is 2. The Morgan fingerprint density at radius 2 is 1.95 bits per heavy atom. The zero-order valence-electron chi connectivity index (χ0n) is 12.2. The van der Waals surface area contributed by atoms with E-state index in [1.165, 1.54) is 0 Å². The average molecular weight is 321 g/mol. The summed E-state index contributed by atoms with van der Waals surface area (Å²) in [7, 11) is 1.98. The normalized spacial score (nSPS) is 16.8. The molecule has 3 nitrogen and oxygen atoms in total. The van der Waals surface area contributed by atoms with Gasteiger partial charge in [-0.2, -0.15) is 8.78 Å². The second kappa shape index (κ2) is 9.18. The zero-order chi connectivity index (χ0) is 14.4. The van der Waals surface area contributed by atoms with Gasteiger partial charge in [0, 0.05) is 12.1 Å². The summed E-state index contributed by atoms with van der Waals surface area (Å²) in [6.07, 6.45) is 2.30. The lowest BCUT2D eigenvalue weighted by Crippen LogP contribution is -2.36. The summed E-state index contributed by atoms with van der Waals surface area (Å²) >= 11 is 0. The van der Waals surface area contributed by atoms with Gasteiger partial charge >= 0.3 is 6.61 Å². The molecular formula is C15H23ClF2N2O. The average Bonchev–Trinajstić information content (AvgIpc) is 2.43. The third-order valence-electron chi connectivity index (χ3n) is 3.78. The molecule has 0 amide bonds. The second-order valence-corrected chi connectivity index (χ2v) is 5.26. The van der Waals surface area contributed by atoms with Gasteiger partial charge < -0.3 is 10.1 Å². The van der Waals surface area contributed by atoms with Gasteiger partial charge in [-0.15, -0.1) is 12.4 Å². The van der Waals surface area contributed by atoms with Crippen molar-refractivity contribution in [2.45, 2.75) is 26.0 Å². The number of ether oxygens (including phenoxy) is 1. The summed E-state index contributed by atoms with van der Waals surface area (Å²) in [5.74, 6) is 1.02. The molecule has 0 bridgehead atoms. The molecule has 1 N–H and O–H groups in total. The summed E-state index contributed by atoms with van der Waals surface area (Å²) in [6, 6.07) is 7.05. The Morgan fingerprint density at radius 1 is 1.29 bits per heavy atom. The Labute approximate surface area is 131 Å². The van der Waals surface area contributed by atoms with Crippen molar-refractivity contribution in [2.75, 3.05) is 26.7 Å². The van der Waals surface area contributed by atoms with E-state index in [9.17, 15) is 8.78 Å². The predicted octanol–water partition coefficient (Wildman–Crippen LogP) is 3.14. The van der Waals surface area contributed by atoms with E-state index in [2.05, 4.69) is 15.0 Å². The minimum Gasteiger partial charge on any atom is -0.434 e. The van der Waals surface area contributed by atoms with Gasteiger partial charge in [0.25, 0.3) is 0 Å². The van der Waals surface area contributed by atoms with E-state index < -0.39 is 6.61 Å². The van der Waals surface area contributed by atoms with Crippen LogP contribution in [0.25, 0.3) is 0 Å². The Balaban J connectivity index is 0.00000220. The van der Waals surface area contributed by atoms with E-state index in [4.69, 9.17) is 0 Å². The number of likely N-dealkylation sites (tertiary alicyclic amines) is 1. The summed E-state index contributed by atoms with van der Waals surface area (Å²) in [4.78, 5) is 2.31. The highest BCUT2D eigenvalue weighted by molar-refractivity contribution is 5.85. The summed E-state index contributed by atoms with van der Waals surface area (Å²) in [5, 5.41) is 3.21. The smallest absolute Gasteiger partial charge is 0.387 e. The molecule has 120 valence electrons. The minimum atomic E-state index is -2.77. The van der Waals surface area contributed by atoms with Crippen molar-refractivity contribution in [2.24, 2.45) is 5.92 Å². The van der Waals surface area contributed by atoms with Crippen molar-refractivity contribution < 1.29 is 13.5 Å². The largest absolute Gasteiger partial charge is 0.434 e. The number of piperidine rings is 1. The molecule has 1 saturated heterocycles. The van der Waals surface area contributed by atoms with Crippen LogP contribution in [0.1, 0.15) is 18.4 Å². The third-order valence-corrected chi connectivity index (χ3v) is 3.78. The van der Waals surface area contributed by atoms with Gasteiger partial charge in [-0.3, -0.25) is 4.90 Å². The fraction of sp³-hybridized carbons (Fsp3) is 0.600. The number of para-hydroxylation sites is 1. The van der Waals surface area contributed by atoms with Gasteiger partial charge in [0.15, 0.2) is 0 Å². The first-order valence-corrected chi connectivity index (χ1v) is 7.08. The number of hydrogen-bond donors (Lipinski definition) is 1. The highest BCUT2D eigenvalue weighted by Crippen LogP contribution is 2.24. The molecule has 1 aromatic carbocycles. The van der Waals surface area contributed by atoms with Crippen molar-refractivity contribution in [3.8, 4) is 5.75 Å². The summed E-state index contributed by atoms with van der Waals surface area (Å²) < 4.78 is 29.3. The maximum atomic E-state index is 12.4. The van der Waals surface area contributed by atoms with Gasteiger partial charge in [0.1, 0.15) is 5.75 Å². The fourth-order valence-electron chi connectivity index (χ4n) is 2.72. The first-order chi connectivity index (χ1) is 9.69. The van der Waals surface area contributed by atoms with Crippen LogP contribution in [-0.4, -0.2) is 38.2 Å². The number of halogens is 3. The molecule has 1 heterocycles. The molecule has 1 aliphatic heterocycles. The molecule has 0 atom stereocenters. The van der Waals surface area contributed by atoms with Crippen LogP contribution in [-0.2, 0) is 6.54 Å². The maximum Gasteiger partial charge on any atom is 0.387 e. The van der Waals surface area contributed by atoms with Gasteiger partial charge in [-0.1, -0.05) is 18.2 Å². The van der Waals surface area contributed by atoms with Crippen molar-refractivity contribution >= 4 is 12.4 Å².